The summed E-state index contributed by atoms with van der Waals surface area (Å²) in [4.78, 5) is 53.2. The Morgan fingerprint density at radius 1 is 1.05 bits per heavy atom. The van der Waals surface area contributed by atoms with Gasteiger partial charge in [-0.1, -0.05) is 0 Å². The van der Waals surface area contributed by atoms with Gasteiger partial charge in [-0.3, -0.25) is 14.4 Å². The van der Waals surface area contributed by atoms with Gasteiger partial charge in [-0.25, -0.2) is 4.79 Å². The van der Waals surface area contributed by atoms with Crippen LogP contribution >= 0.6 is 0 Å². The fourth-order valence-corrected chi connectivity index (χ4v) is 4.74. The van der Waals surface area contributed by atoms with Crippen molar-refractivity contribution >= 4 is 23.9 Å². The van der Waals surface area contributed by atoms with E-state index in [0.29, 0.717) is 36.6 Å². The lowest BCUT2D eigenvalue weighted by Gasteiger charge is -2.25. The molecule has 3 rings (SSSR count). The Balaban J connectivity index is 1.69. The van der Waals surface area contributed by atoms with Crippen molar-refractivity contribution in [3.63, 3.8) is 0 Å². The van der Waals surface area contributed by atoms with Crippen LogP contribution in [0.15, 0.2) is 18.2 Å². The van der Waals surface area contributed by atoms with Crippen LogP contribution in [-0.4, -0.2) is 83.8 Å². The third-order valence-corrected chi connectivity index (χ3v) is 6.36. The van der Waals surface area contributed by atoms with Gasteiger partial charge in [-0.05, 0) is 71.7 Å². The van der Waals surface area contributed by atoms with Crippen molar-refractivity contribution in [2.24, 2.45) is 11.7 Å². The van der Waals surface area contributed by atoms with E-state index in [1.165, 1.54) is 4.90 Å². The minimum atomic E-state index is -0.954. The lowest BCUT2D eigenvalue weighted by molar-refractivity contribution is -0.155. The van der Waals surface area contributed by atoms with Crippen molar-refractivity contribution in [2.75, 3.05) is 26.8 Å². The minimum absolute atomic E-state index is 0.0456. The van der Waals surface area contributed by atoms with Crippen LogP contribution in [0.25, 0.3) is 0 Å². The first-order chi connectivity index (χ1) is 18.1. The number of benzene rings is 1. The quantitative estimate of drug-likeness (QED) is 0.466. The van der Waals surface area contributed by atoms with Gasteiger partial charge in [-0.15, -0.1) is 0 Å². The first-order valence-corrected chi connectivity index (χ1v) is 13.2. The molecule has 2 aliphatic heterocycles. The average molecular weight is 548 g/mol. The van der Waals surface area contributed by atoms with Crippen molar-refractivity contribution < 1.29 is 38.1 Å². The van der Waals surface area contributed by atoms with E-state index in [-0.39, 0.29) is 37.3 Å². The van der Waals surface area contributed by atoms with Crippen LogP contribution in [0.1, 0.15) is 70.3 Å². The zero-order chi connectivity index (χ0) is 29.1. The van der Waals surface area contributed by atoms with Gasteiger partial charge in [-0.2, -0.15) is 0 Å². The number of fused-ring (bicyclic) bond motifs is 1. The Morgan fingerprint density at radius 2 is 1.72 bits per heavy atom. The first-order valence-electron chi connectivity index (χ1n) is 13.2. The molecular formula is C28H41N3O8. The molecule has 0 aromatic heterocycles. The fraction of sp³-hybridized carbons (Fsp3) is 0.643. The third-order valence-electron chi connectivity index (χ3n) is 6.36. The molecule has 0 spiro atoms. The SMILES string of the molecule is COC[C@@H]1CN(C(=O)OC(C)(C)C)C[C@H]1Oc1ccc2c(c1)CN([C@@H](CCC(=O)OC(C)(C)C)C(N)=O)C2=O. The predicted molar refractivity (Wildman–Crippen MR) is 142 cm³/mol. The Morgan fingerprint density at radius 3 is 2.31 bits per heavy atom. The van der Waals surface area contributed by atoms with Crippen molar-refractivity contribution in [2.45, 2.75) is 84.3 Å². The van der Waals surface area contributed by atoms with Crippen molar-refractivity contribution in [1.29, 1.82) is 0 Å². The van der Waals surface area contributed by atoms with Gasteiger partial charge in [0.25, 0.3) is 5.91 Å². The van der Waals surface area contributed by atoms with Crippen LogP contribution in [0.5, 0.6) is 5.75 Å². The highest BCUT2D eigenvalue weighted by atomic mass is 16.6. The van der Waals surface area contributed by atoms with Gasteiger partial charge in [0.1, 0.15) is 29.1 Å². The van der Waals surface area contributed by atoms with Gasteiger partial charge < -0.3 is 34.5 Å². The molecule has 39 heavy (non-hydrogen) atoms. The second-order valence-electron chi connectivity index (χ2n) is 12.1. The molecule has 1 fully saturated rings. The van der Waals surface area contributed by atoms with Crippen LogP contribution in [0, 0.1) is 5.92 Å². The molecule has 0 unspecified atom stereocenters. The van der Waals surface area contributed by atoms with Gasteiger partial charge >= 0.3 is 12.1 Å². The standard InChI is InChI=1S/C28H41N3O8/c1-27(2,3)38-23(32)11-10-21(24(29)33)31-14-17-12-19(8-9-20(17)25(31)34)37-22-15-30(13-18(22)16-36-7)26(35)39-28(4,5)6/h8-9,12,18,21-22H,10-11,13-16H2,1-7H3,(H2,29,33)/t18-,21-,22+/m0/s1. The number of methoxy groups -OCH3 is 1. The molecule has 11 heteroatoms. The van der Waals surface area contributed by atoms with Crippen LogP contribution < -0.4 is 10.5 Å². The number of nitrogens with two attached hydrogens (primary N) is 1. The van der Waals surface area contributed by atoms with Crippen LogP contribution in [0.2, 0.25) is 0 Å². The molecule has 2 heterocycles. The summed E-state index contributed by atoms with van der Waals surface area (Å²) in [7, 11) is 1.60. The average Bonchev–Trinajstić information content (AvgIpc) is 3.32. The molecule has 0 saturated carbocycles. The monoisotopic (exact) mass is 547 g/mol. The number of likely N-dealkylation sites (tertiary alicyclic amines) is 1. The van der Waals surface area contributed by atoms with Gasteiger partial charge in [0.15, 0.2) is 0 Å². The summed E-state index contributed by atoms with van der Waals surface area (Å²) in [6.45, 7) is 12.1. The molecule has 216 valence electrons. The lowest BCUT2D eigenvalue weighted by Crippen LogP contribution is -2.45. The Labute approximate surface area is 229 Å². The van der Waals surface area contributed by atoms with Crippen LogP contribution in [-0.2, 0) is 30.3 Å². The Hall–Kier alpha value is -3.34. The molecule has 1 aromatic carbocycles. The highest BCUT2D eigenvalue weighted by Crippen LogP contribution is 2.32. The molecule has 0 aliphatic carbocycles. The molecule has 11 nitrogen and oxygen atoms in total. The van der Waals surface area contributed by atoms with Gasteiger partial charge in [0.2, 0.25) is 5.91 Å². The van der Waals surface area contributed by atoms with E-state index >= 15 is 0 Å². The van der Waals surface area contributed by atoms with Gasteiger partial charge in [0, 0.05) is 38.1 Å². The molecule has 2 aliphatic rings. The summed E-state index contributed by atoms with van der Waals surface area (Å²) in [6.07, 6.45) is -0.727. The predicted octanol–water partition coefficient (Wildman–Crippen LogP) is 2.88. The summed E-state index contributed by atoms with van der Waals surface area (Å²) in [5, 5.41) is 0. The molecule has 3 amide bonds. The zero-order valence-corrected chi connectivity index (χ0v) is 23.9. The maximum Gasteiger partial charge on any atom is 0.410 e. The third kappa shape index (κ3) is 8.08. The lowest BCUT2D eigenvalue weighted by atomic mass is 10.1. The number of amides is 3. The summed E-state index contributed by atoms with van der Waals surface area (Å²) >= 11 is 0. The Kier molecular flexibility index (Phi) is 9.15. The summed E-state index contributed by atoms with van der Waals surface area (Å²) < 4.78 is 22.5. The number of nitrogens with zero attached hydrogens (tertiary/aromatic N) is 2. The maximum absolute atomic E-state index is 13.1. The number of primary amides is 1. The van der Waals surface area contributed by atoms with E-state index in [4.69, 9.17) is 24.7 Å². The van der Waals surface area contributed by atoms with Crippen molar-refractivity contribution in [3.05, 3.63) is 29.3 Å². The van der Waals surface area contributed by atoms with E-state index in [2.05, 4.69) is 0 Å². The van der Waals surface area contributed by atoms with Crippen LogP contribution in [0.4, 0.5) is 4.79 Å². The Bertz CT molecular complexity index is 1090. The highest BCUT2D eigenvalue weighted by Gasteiger charge is 2.40. The second kappa shape index (κ2) is 11.8. The molecule has 3 atom stereocenters. The fourth-order valence-electron chi connectivity index (χ4n) is 4.74. The van der Waals surface area contributed by atoms with E-state index in [1.807, 2.05) is 20.8 Å². The number of carbonyl (C=O) groups is 4. The molecule has 1 saturated heterocycles. The van der Waals surface area contributed by atoms with Gasteiger partial charge in [0.05, 0.1) is 13.2 Å². The van der Waals surface area contributed by atoms with Crippen LogP contribution in [0.3, 0.4) is 0 Å². The van der Waals surface area contributed by atoms with E-state index < -0.39 is 35.2 Å². The number of ether oxygens (including phenoxy) is 4. The smallest absolute Gasteiger partial charge is 0.410 e. The zero-order valence-electron chi connectivity index (χ0n) is 23.9. The molecule has 0 bridgehead atoms. The summed E-state index contributed by atoms with van der Waals surface area (Å²) in [5.74, 6) is -1.02. The normalized spacial score (nSPS) is 20.0. The number of carbonyl (C=O) groups excluding carboxylic acids is 4. The molecule has 1 aromatic rings. The number of rotatable bonds is 9. The van der Waals surface area contributed by atoms with Crippen molar-refractivity contribution in [1.82, 2.24) is 9.80 Å². The topological polar surface area (TPSA) is 138 Å². The van der Waals surface area contributed by atoms with Crippen molar-refractivity contribution in [3.8, 4) is 5.75 Å². The largest absolute Gasteiger partial charge is 0.488 e. The number of hydrogen-bond acceptors (Lipinski definition) is 8. The first kappa shape index (κ1) is 30.2. The van der Waals surface area contributed by atoms with E-state index in [1.54, 1.807) is 51.0 Å². The number of hydrogen-bond donors (Lipinski definition) is 1. The second-order valence-corrected chi connectivity index (χ2v) is 12.1. The minimum Gasteiger partial charge on any atom is -0.488 e. The summed E-state index contributed by atoms with van der Waals surface area (Å²) in [5.41, 5.74) is 5.49. The van der Waals surface area contributed by atoms with E-state index in [9.17, 15) is 19.2 Å². The maximum atomic E-state index is 13.1. The molecule has 0 radical (unpaired) electrons. The van der Waals surface area contributed by atoms with E-state index in [0.717, 1.165) is 0 Å². The molecular weight excluding hydrogens is 506 g/mol. The number of esters is 1. The molecule has 2 N–H and O–H groups in total. The summed E-state index contributed by atoms with van der Waals surface area (Å²) in [6, 6.07) is 4.16. The highest BCUT2D eigenvalue weighted by molar-refractivity contribution is 6.01.